The molecule has 1 aromatic carbocycles. The molecule has 0 saturated carbocycles. The molecule has 0 aliphatic carbocycles. The molecule has 5 nitrogen and oxygen atoms in total. The van der Waals surface area contributed by atoms with Crippen molar-refractivity contribution in [3.05, 3.63) is 35.4 Å². The van der Waals surface area contributed by atoms with Crippen LogP contribution in [0, 0.1) is 5.92 Å². The Labute approximate surface area is 124 Å². The highest BCUT2D eigenvalue weighted by Gasteiger charge is 2.31. The van der Waals surface area contributed by atoms with Gasteiger partial charge in [-0.05, 0) is 30.9 Å². The third kappa shape index (κ3) is 3.82. The van der Waals surface area contributed by atoms with E-state index in [2.05, 4.69) is 5.32 Å². The monoisotopic (exact) mass is 291 g/mol. The fraction of sp³-hybridized carbons (Fsp3) is 0.500. The molecule has 0 spiro atoms. The number of carboxylic acids is 1. The number of carbonyl (C=O) groups excluding carboxylic acids is 1. The van der Waals surface area contributed by atoms with Crippen LogP contribution in [-0.4, -0.2) is 36.2 Å². The highest BCUT2D eigenvalue weighted by atomic mass is 16.5. The number of carbonyl (C=O) groups is 2. The van der Waals surface area contributed by atoms with Crippen molar-refractivity contribution in [1.82, 2.24) is 5.32 Å². The Morgan fingerprint density at radius 2 is 2.19 bits per heavy atom. The molecule has 114 valence electrons. The number of hydrogen-bond donors (Lipinski definition) is 2. The maximum absolute atomic E-state index is 12.4. The Bertz CT molecular complexity index is 509. The first kappa shape index (κ1) is 15.5. The number of hydrogen-bond acceptors (Lipinski definition) is 3. The molecule has 21 heavy (non-hydrogen) atoms. The average molecular weight is 291 g/mol. The van der Waals surface area contributed by atoms with E-state index in [0.29, 0.717) is 18.8 Å². The number of carboxylic acid groups (broad SMARTS) is 1. The summed E-state index contributed by atoms with van der Waals surface area (Å²) in [4.78, 5) is 23.8. The molecule has 1 aliphatic heterocycles. The number of ether oxygens (including phenoxy) is 1. The van der Waals surface area contributed by atoms with Crippen LogP contribution in [0.15, 0.2) is 24.3 Å². The van der Waals surface area contributed by atoms with Gasteiger partial charge in [0.15, 0.2) is 0 Å². The first-order valence-corrected chi connectivity index (χ1v) is 7.32. The highest BCUT2D eigenvalue weighted by molar-refractivity contribution is 5.97. The maximum Gasteiger partial charge on any atom is 0.326 e. The molecular formula is C16H21NO4. The second-order valence-corrected chi connectivity index (χ2v) is 5.28. The van der Waals surface area contributed by atoms with Crippen molar-refractivity contribution in [2.75, 3.05) is 13.2 Å². The summed E-state index contributed by atoms with van der Waals surface area (Å²) < 4.78 is 5.33. The summed E-state index contributed by atoms with van der Waals surface area (Å²) in [5, 5.41) is 12.0. The van der Waals surface area contributed by atoms with Crippen LogP contribution in [0.2, 0.25) is 0 Å². The Morgan fingerprint density at radius 1 is 1.43 bits per heavy atom. The van der Waals surface area contributed by atoms with Gasteiger partial charge in [-0.2, -0.15) is 0 Å². The van der Waals surface area contributed by atoms with Crippen LogP contribution in [0.25, 0.3) is 0 Å². The molecule has 0 bridgehead atoms. The minimum Gasteiger partial charge on any atom is -0.480 e. The Balaban J connectivity index is 2.12. The Morgan fingerprint density at radius 3 is 2.81 bits per heavy atom. The molecule has 0 radical (unpaired) electrons. The maximum atomic E-state index is 12.4. The van der Waals surface area contributed by atoms with Crippen LogP contribution >= 0.6 is 0 Å². The minimum absolute atomic E-state index is 0.172. The molecule has 2 unspecified atom stereocenters. The molecule has 1 fully saturated rings. The van der Waals surface area contributed by atoms with Gasteiger partial charge in [0.25, 0.3) is 5.91 Å². The second kappa shape index (κ2) is 7.22. The Kier molecular flexibility index (Phi) is 5.33. The van der Waals surface area contributed by atoms with Crippen LogP contribution in [0.3, 0.4) is 0 Å². The summed E-state index contributed by atoms with van der Waals surface area (Å²) in [6.07, 6.45) is 2.32. The lowest BCUT2D eigenvalue weighted by Crippen LogP contribution is -2.48. The van der Waals surface area contributed by atoms with Crippen LogP contribution in [-0.2, 0) is 16.0 Å². The molecule has 2 atom stereocenters. The summed E-state index contributed by atoms with van der Waals surface area (Å²) in [6, 6.07) is 6.37. The number of benzene rings is 1. The number of rotatable bonds is 5. The predicted molar refractivity (Wildman–Crippen MR) is 78.3 cm³/mol. The summed E-state index contributed by atoms with van der Waals surface area (Å²) in [6.45, 7) is 3.01. The van der Waals surface area contributed by atoms with E-state index in [1.807, 2.05) is 19.1 Å². The lowest BCUT2D eigenvalue weighted by molar-refractivity contribution is -0.142. The minimum atomic E-state index is -1.01. The fourth-order valence-corrected chi connectivity index (χ4v) is 2.68. The van der Waals surface area contributed by atoms with Gasteiger partial charge in [0.2, 0.25) is 0 Å². The number of nitrogens with one attached hydrogen (secondary N) is 1. The first-order chi connectivity index (χ1) is 10.1. The Hall–Kier alpha value is -1.88. The molecule has 1 saturated heterocycles. The van der Waals surface area contributed by atoms with Crippen LogP contribution in [0.4, 0.5) is 0 Å². The first-order valence-electron chi connectivity index (χ1n) is 7.32. The van der Waals surface area contributed by atoms with Gasteiger partial charge in [-0.25, -0.2) is 4.79 Å². The largest absolute Gasteiger partial charge is 0.480 e. The molecule has 1 heterocycles. The van der Waals surface area contributed by atoms with Crippen molar-refractivity contribution >= 4 is 11.9 Å². The molecule has 1 aromatic rings. The van der Waals surface area contributed by atoms with Gasteiger partial charge in [0, 0.05) is 18.1 Å². The quantitative estimate of drug-likeness (QED) is 0.868. The lowest BCUT2D eigenvalue weighted by Gasteiger charge is -2.28. The van der Waals surface area contributed by atoms with Crippen molar-refractivity contribution in [2.45, 2.75) is 32.2 Å². The van der Waals surface area contributed by atoms with E-state index < -0.39 is 12.0 Å². The topological polar surface area (TPSA) is 75.6 Å². The molecule has 2 N–H and O–H groups in total. The zero-order chi connectivity index (χ0) is 15.2. The highest BCUT2D eigenvalue weighted by Crippen LogP contribution is 2.19. The fourth-order valence-electron chi connectivity index (χ4n) is 2.68. The zero-order valence-electron chi connectivity index (χ0n) is 12.2. The third-order valence-electron chi connectivity index (χ3n) is 3.86. The van der Waals surface area contributed by atoms with E-state index in [1.54, 1.807) is 12.1 Å². The summed E-state index contributed by atoms with van der Waals surface area (Å²) >= 11 is 0. The van der Waals surface area contributed by atoms with Gasteiger partial charge in [-0.15, -0.1) is 0 Å². The summed E-state index contributed by atoms with van der Waals surface area (Å²) in [5.74, 6) is -1.51. The van der Waals surface area contributed by atoms with Gasteiger partial charge >= 0.3 is 5.97 Å². The normalized spacial score (nSPS) is 19.8. The van der Waals surface area contributed by atoms with E-state index in [0.717, 1.165) is 24.8 Å². The van der Waals surface area contributed by atoms with Crippen molar-refractivity contribution in [3.63, 3.8) is 0 Å². The molecule has 1 aliphatic rings. The van der Waals surface area contributed by atoms with Crippen LogP contribution < -0.4 is 5.32 Å². The lowest BCUT2D eigenvalue weighted by atomic mass is 9.93. The van der Waals surface area contributed by atoms with E-state index in [1.165, 1.54) is 0 Å². The van der Waals surface area contributed by atoms with Crippen LogP contribution in [0.1, 0.15) is 35.7 Å². The van der Waals surface area contributed by atoms with E-state index in [-0.39, 0.29) is 11.8 Å². The van der Waals surface area contributed by atoms with Crippen LogP contribution in [0.5, 0.6) is 0 Å². The SMILES string of the molecule is CCc1ccccc1C(=O)NC(C(=O)O)C1CCCOC1. The molecule has 5 heteroatoms. The summed E-state index contributed by atoms with van der Waals surface area (Å²) in [5.41, 5.74) is 1.46. The van der Waals surface area contributed by atoms with Crippen molar-refractivity contribution in [1.29, 1.82) is 0 Å². The standard InChI is InChI=1S/C16H21NO4/c1-2-11-6-3-4-8-13(11)15(18)17-14(16(19)20)12-7-5-9-21-10-12/h3-4,6,8,12,14H,2,5,7,9-10H2,1H3,(H,17,18)(H,19,20). The molecular weight excluding hydrogens is 270 g/mol. The van der Waals surface area contributed by atoms with E-state index >= 15 is 0 Å². The van der Waals surface area contributed by atoms with Gasteiger partial charge in [-0.3, -0.25) is 4.79 Å². The van der Waals surface area contributed by atoms with Crippen molar-refractivity contribution in [2.24, 2.45) is 5.92 Å². The number of aliphatic carboxylic acids is 1. The predicted octanol–water partition coefficient (Wildman–Crippen LogP) is 1.86. The smallest absolute Gasteiger partial charge is 0.326 e. The number of aryl methyl sites for hydroxylation is 1. The summed E-state index contributed by atoms with van der Waals surface area (Å²) in [7, 11) is 0. The van der Waals surface area contributed by atoms with Gasteiger partial charge in [-0.1, -0.05) is 25.1 Å². The van der Waals surface area contributed by atoms with E-state index in [4.69, 9.17) is 4.74 Å². The molecule has 0 aromatic heterocycles. The van der Waals surface area contributed by atoms with Crippen molar-refractivity contribution in [3.8, 4) is 0 Å². The van der Waals surface area contributed by atoms with E-state index in [9.17, 15) is 14.7 Å². The van der Waals surface area contributed by atoms with Gasteiger partial charge < -0.3 is 15.2 Å². The van der Waals surface area contributed by atoms with Gasteiger partial charge in [0.05, 0.1) is 6.61 Å². The second-order valence-electron chi connectivity index (χ2n) is 5.28. The zero-order valence-corrected chi connectivity index (χ0v) is 12.2. The third-order valence-corrected chi connectivity index (χ3v) is 3.86. The average Bonchev–Trinajstić information content (AvgIpc) is 2.52. The molecule has 2 rings (SSSR count). The van der Waals surface area contributed by atoms with Crippen molar-refractivity contribution < 1.29 is 19.4 Å². The number of amides is 1. The van der Waals surface area contributed by atoms with Gasteiger partial charge in [0.1, 0.15) is 6.04 Å². The molecule has 1 amide bonds.